The van der Waals surface area contributed by atoms with E-state index in [0.29, 0.717) is 48.4 Å². The van der Waals surface area contributed by atoms with Gasteiger partial charge in [-0.1, -0.05) is 133 Å². The highest BCUT2D eigenvalue weighted by Crippen LogP contribution is 2.41. The number of carbonyl (C=O) groups is 1. The highest BCUT2D eigenvalue weighted by atomic mass is 16.5. The topological polar surface area (TPSA) is 74.2 Å². The molecule has 0 atom stereocenters. The summed E-state index contributed by atoms with van der Waals surface area (Å²) >= 11 is 0. The van der Waals surface area contributed by atoms with Crippen LogP contribution in [0.15, 0.2) is 158 Å². The summed E-state index contributed by atoms with van der Waals surface area (Å²) in [4.78, 5) is 13.6. The van der Waals surface area contributed by atoms with Crippen molar-refractivity contribution in [3.8, 4) is 28.7 Å². The Hall–Kier alpha value is -6.27. The number of hydrogen-bond acceptors (Lipinski definition) is 6. The molecule has 0 bridgehead atoms. The Morgan fingerprint density at radius 1 is 0.490 bits per heavy atom. The van der Waals surface area contributed by atoms with E-state index in [1.54, 1.807) is 18.2 Å². The SMILES string of the molecule is O=C(C=Cc1cc(OCc2ccccc2)c(OCc2ccccc2)c(OCc2ccccc2)c1)c1c(O)cccc1OCc1ccccc1. The molecule has 6 aromatic carbocycles. The van der Waals surface area contributed by atoms with Crippen LogP contribution in [0.2, 0.25) is 0 Å². The van der Waals surface area contributed by atoms with E-state index in [0.717, 1.165) is 22.3 Å². The number of rotatable bonds is 15. The summed E-state index contributed by atoms with van der Waals surface area (Å²) in [5.41, 5.74) is 4.64. The first kappa shape index (κ1) is 32.7. The lowest BCUT2D eigenvalue weighted by atomic mass is 10.1. The van der Waals surface area contributed by atoms with Gasteiger partial charge in [-0.25, -0.2) is 0 Å². The lowest BCUT2D eigenvalue weighted by Gasteiger charge is -2.18. The Balaban J connectivity index is 1.32. The Labute approximate surface area is 286 Å². The molecule has 0 fully saturated rings. The summed E-state index contributed by atoms with van der Waals surface area (Å²) in [5, 5.41) is 10.7. The molecule has 6 aromatic rings. The molecule has 6 rings (SSSR count). The lowest BCUT2D eigenvalue weighted by molar-refractivity contribution is 0.104. The van der Waals surface area contributed by atoms with Gasteiger partial charge in [0.1, 0.15) is 43.5 Å². The van der Waals surface area contributed by atoms with Gasteiger partial charge in [-0.05, 0) is 58.2 Å². The van der Waals surface area contributed by atoms with Crippen molar-refractivity contribution < 1.29 is 28.8 Å². The van der Waals surface area contributed by atoms with Crippen molar-refractivity contribution in [3.63, 3.8) is 0 Å². The van der Waals surface area contributed by atoms with E-state index in [1.165, 1.54) is 12.1 Å². The summed E-state index contributed by atoms with van der Waals surface area (Å²) in [7, 11) is 0. The van der Waals surface area contributed by atoms with E-state index in [2.05, 4.69) is 0 Å². The van der Waals surface area contributed by atoms with E-state index in [4.69, 9.17) is 18.9 Å². The fourth-order valence-corrected chi connectivity index (χ4v) is 5.13. The van der Waals surface area contributed by atoms with Crippen LogP contribution in [0, 0.1) is 0 Å². The second kappa shape index (κ2) is 16.5. The van der Waals surface area contributed by atoms with Gasteiger partial charge in [0.15, 0.2) is 17.3 Å². The van der Waals surface area contributed by atoms with Crippen LogP contribution in [0.3, 0.4) is 0 Å². The van der Waals surface area contributed by atoms with Gasteiger partial charge in [0.05, 0.1) is 0 Å². The van der Waals surface area contributed by atoms with E-state index in [-0.39, 0.29) is 17.9 Å². The first-order valence-corrected chi connectivity index (χ1v) is 16.0. The Morgan fingerprint density at radius 2 is 0.898 bits per heavy atom. The van der Waals surface area contributed by atoms with E-state index in [9.17, 15) is 9.90 Å². The Kier molecular flexibility index (Phi) is 11.0. The molecule has 244 valence electrons. The van der Waals surface area contributed by atoms with Crippen LogP contribution in [0.25, 0.3) is 6.08 Å². The molecule has 0 aliphatic heterocycles. The van der Waals surface area contributed by atoms with E-state index in [1.807, 2.05) is 133 Å². The normalized spacial score (nSPS) is 10.9. The van der Waals surface area contributed by atoms with Gasteiger partial charge < -0.3 is 24.1 Å². The predicted octanol–water partition coefficient (Wildman–Crippen LogP) is 9.60. The smallest absolute Gasteiger partial charge is 0.203 e. The largest absolute Gasteiger partial charge is 0.507 e. The van der Waals surface area contributed by atoms with Crippen molar-refractivity contribution in [2.45, 2.75) is 26.4 Å². The van der Waals surface area contributed by atoms with Crippen molar-refractivity contribution >= 4 is 11.9 Å². The molecule has 0 aliphatic rings. The molecule has 0 aromatic heterocycles. The van der Waals surface area contributed by atoms with Gasteiger partial charge in [-0.3, -0.25) is 4.79 Å². The third-order valence-electron chi connectivity index (χ3n) is 7.66. The van der Waals surface area contributed by atoms with Crippen LogP contribution in [-0.2, 0) is 26.4 Å². The third-order valence-corrected chi connectivity index (χ3v) is 7.66. The number of ether oxygens (including phenoxy) is 4. The molecule has 0 radical (unpaired) electrons. The molecule has 6 heteroatoms. The zero-order valence-corrected chi connectivity index (χ0v) is 26.9. The molecule has 6 nitrogen and oxygen atoms in total. The molecule has 0 heterocycles. The number of phenols is 1. The molecule has 0 saturated carbocycles. The number of aromatic hydroxyl groups is 1. The van der Waals surface area contributed by atoms with Crippen LogP contribution in [0.1, 0.15) is 38.2 Å². The zero-order valence-electron chi connectivity index (χ0n) is 26.9. The third kappa shape index (κ3) is 9.18. The summed E-state index contributed by atoms with van der Waals surface area (Å²) in [6, 6.07) is 47.7. The van der Waals surface area contributed by atoms with Gasteiger partial charge >= 0.3 is 0 Å². The van der Waals surface area contributed by atoms with Gasteiger partial charge in [-0.2, -0.15) is 0 Å². The van der Waals surface area contributed by atoms with Crippen molar-refractivity contribution in [1.29, 1.82) is 0 Å². The molecule has 0 amide bonds. The first-order chi connectivity index (χ1) is 24.1. The molecule has 0 unspecified atom stereocenters. The number of allylic oxidation sites excluding steroid dienone is 1. The van der Waals surface area contributed by atoms with Crippen molar-refractivity contribution in [1.82, 2.24) is 0 Å². The fraction of sp³-hybridized carbons (Fsp3) is 0.0930. The van der Waals surface area contributed by atoms with Gasteiger partial charge in [0.2, 0.25) is 5.75 Å². The summed E-state index contributed by atoms with van der Waals surface area (Å²) in [5.74, 6) is 1.10. The average molecular weight is 649 g/mol. The molecule has 0 aliphatic carbocycles. The monoisotopic (exact) mass is 648 g/mol. The first-order valence-electron chi connectivity index (χ1n) is 16.0. The van der Waals surface area contributed by atoms with Crippen molar-refractivity contribution in [2.75, 3.05) is 0 Å². The number of ketones is 1. The maximum absolute atomic E-state index is 13.6. The van der Waals surface area contributed by atoms with Crippen LogP contribution >= 0.6 is 0 Å². The summed E-state index contributed by atoms with van der Waals surface area (Å²) < 4.78 is 25.1. The minimum absolute atomic E-state index is 0.0820. The van der Waals surface area contributed by atoms with Crippen LogP contribution in [0.5, 0.6) is 28.7 Å². The van der Waals surface area contributed by atoms with Gasteiger partial charge in [0.25, 0.3) is 0 Å². The molecule has 49 heavy (non-hydrogen) atoms. The molecule has 0 saturated heterocycles. The highest BCUT2D eigenvalue weighted by molar-refractivity contribution is 6.10. The number of carbonyl (C=O) groups excluding carboxylic acids is 1. The van der Waals surface area contributed by atoms with Gasteiger partial charge in [0, 0.05) is 0 Å². The molecular formula is C43H36O6. The second-order valence-corrected chi connectivity index (χ2v) is 11.3. The number of benzene rings is 6. The summed E-state index contributed by atoms with van der Waals surface area (Å²) in [6.45, 7) is 1.15. The molecule has 0 spiro atoms. The second-order valence-electron chi connectivity index (χ2n) is 11.3. The van der Waals surface area contributed by atoms with Gasteiger partial charge in [-0.15, -0.1) is 0 Å². The highest BCUT2D eigenvalue weighted by Gasteiger charge is 2.18. The maximum Gasteiger partial charge on any atom is 0.203 e. The number of hydrogen-bond donors (Lipinski definition) is 1. The Bertz CT molecular complexity index is 1910. The number of phenolic OH excluding ortho intramolecular Hbond substituents is 1. The summed E-state index contributed by atoms with van der Waals surface area (Å²) in [6.07, 6.45) is 3.08. The fourth-order valence-electron chi connectivity index (χ4n) is 5.13. The van der Waals surface area contributed by atoms with Crippen LogP contribution in [0.4, 0.5) is 0 Å². The predicted molar refractivity (Wildman–Crippen MR) is 191 cm³/mol. The minimum atomic E-state index is -0.413. The average Bonchev–Trinajstić information content (AvgIpc) is 3.15. The lowest BCUT2D eigenvalue weighted by Crippen LogP contribution is -2.05. The van der Waals surface area contributed by atoms with Crippen LogP contribution < -0.4 is 18.9 Å². The van der Waals surface area contributed by atoms with Crippen molar-refractivity contribution in [2.24, 2.45) is 0 Å². The Morgan fingerprint density at radius 3 is 1.35 bits per heavy atom. The zero-order chi connectivity index (χ0) is 33.7. The minimum Gasteiger partial charge on any atom is -0.507 e. The molecular weight excluding hydrogens is 612 g/mol. The standard InChI is InChI=1S/C43H36O6/c44-37-22-13-23-39(46-28-32-14-5-1-6-15-32)42(37)38(45)25-24-36-26-40(47-29-33-16-7-2-8-17-33)43(49-31-35-20-11-4-12-21-35)41(27-36)48-30-34-18-9-3-10-19-34/h1-27,44H,28-31H2. The van der Waals surface area contributed by atoms with E-state index >= 15 is 0 Å². The van der Waals surface area contributed by atoms with E-state index < -0.39 is 5.78 Å². The van der Waals surface area contributed by atoms with Crippen LogP contribution in [-0.4, -0.2) is 10.9 Å². The van der Waals surface area contributed by atoms with Crippen molar-refractivity contribution in [3.05, 3.63) is 191 Å². The maximum atomic E-state index is 13.6. The molecule has 1 N–H and O–H groups in total. The quantitative estimate of drug-likeness (QED) is 0.0883.